The van der Waals surface area contributed by atoms with E-state index in [-0.39, 0.29) is 29.8 Å². The molecule has 3 rings (SSSR count). The van der Waals surface area contributed by atoms with Gasteiger partial charge in [-0.2, -0.15) is 0 Å². The molecule has 1 aliphatic heterocycles. The number of piperazine rings is 1. The molecular weight excluding hydrogens is 514 g/mol. The van der Waals surface area contributed by atoms with Crippen molar-refractivity contribution >= 4 is 47.0 Å². The predicted octanol–water partition coefficient (Wildman–Crippen LogP) is 3.34. The van der Waals surface area contributed by atoms with Crippen LogP contribution in [-0.2, 0) is 13.0 Å². The molecule has 6 nitrogen and oxygen atoms in total. The molecule has 1 fully saturated rings. The van der Waals surface area contributed by atoms with Crippen molar-refractivity contribution in [1.29, 1.82) is 0 Å². The zero-order valence-corrected chi connectivity index (χ0v) is 20.9. The molecule has 0 saturated carbocycles. The van der Waals surface area contributed by atoms with Crippen molar-refractivity contribution in [3.63, 3.8) is 0 Å². The lowest BCUT2D eigenvalue weighted by atomic mass is 10.2. The van der Waals surface area contributed by atoms with E-state index in [1.807, 2.05) is 18.3 Å². The van der Waals surface area contributed by atoms with Crippen LogP contribution >= 0.6 is 35.3 Å². The summed E-state index contributed by atoms with van der Waals surface area (Å²) in [5.41, 5.74) is 0.718. The van der Waals surface area contributed by atoms with Gasteiger partial charge in [-0.3, -0.25) is 9.89 Å². The monoisotopic (exact) mass is 546 g/mol. The van der Waals surface area contributed by atoms with Crippen molar-refractivity contribution in [2.24, 2.45) is 4.99 Å². The lowest BCUT2D eigenvalue weighted by Gasteiger charge is -2.36. The maximum absolute atomic E-state index is 13.9. The number of rotatable bonds is 8. The molecular formula is C21H32FIN6S. The minimum Gasteiger partial charge on any atom is -0.367 e. The van der Waals surface area contributed by atoms with Crippen LogP contribution in [0.3, 0.4) is 0 Å². The molecule has 0 atom stereocenters. The second-order valence-corrected chi connectivity index (χ2v) is 8.26. The largest absolute Gasteiger partial charge is 0.367 e. The van der Waals surface area contributed by atoms with Gasteiger partial charge in [-0.15, -0.1) is 35.3 Å². The molecule has 0 unspecified atom stereocenters. The summed E-state index contributed by atoms with van der Waals surface area (Å²) in [7, 11) is 1.79. The van der Waals surface area contributed by atoms with Crippen molar-refractivity contribution < 1.29 is 4.39 Å². The van der Waals surface area contributed by atoms with Crippen molar-refractivity contribution in [1.82, 2.24) is 20.5 Å². The second-order valence-electron chi connectivity index (χ2n) is 7.06. The van der Waals surface area contributed by atoms with E-state index in [0.717, 1.165) is 68.8 Å². The molecule has 166 valence electrons. The van der Waals surface area contributed by atoms with Gasteiger partial charge in [-0.05, 0) is 31.5 Å². The molecule has 0 radical (unpaired) electrons. The van der Waals surface area contributed by atoms with Gasteiger partial charge in [0.1, 0.15) is 10.8 Å². The summed E-state index contributed by atoms with van der Waals surface area (Å²) in [5, 5.41) is 7.77. The summed E-state index contributed by atoms with van der Waals surface area (Å²) in [6, 6.07) is 7.03. The van der Waals surface area contributed by atoms with Crippen LogP contribution in [0.5, 0.6) is 0 Å². The molecule has 1 saturated heterocycles. The van der Waals surface area contributed by atoms with E-state index in [9.17, 15) is 4.39 Å². The lowest BCUT2D eigenvalue weighted by Crippen LogP contribution is -2.47. The van der Waals surface area contributed by atoms with Gasteiger partial charge in [-0.1, -0.05) is 19.1 Å². The highest BCUT2D eigenvalue weighted by Crippen LogP contribution is 2.20. The number of anilines is 1. The van der Waals surface area contributed by atoms with E-state index in [4.69, 9.17) is 0 Å². The van der Waals surface area contributed by atoms with Crippen molar-refractivity contribution in [2.45, 2.75) is 26.3 Å². The first-order valence-electron chi connectivity index (χ1n) is 10.3. The van der Waals surface area contributed by atoms with Gasteiger partial charge in [0.05, 0.1) is 12.2 Å². The first-order valence-corrected chi connectivity index (χ1v) is 11.1. The highest BCUT2D eigenvalue weighted by molar-refractivity contribution is 14.0. The quantitative estimate of drug-likeness (QED) is 0.230. The van der Waals surface area contributed by atoms with Gasteiger partial charge in [0.25, 0.3) is 0 Å². The molecule has 2 heterocycles. The SMILES string of the molecule is CCc1cnc(CNC(=NC)NCCCN2CCN(c3ccccc3F)CC2)s1.I. The fourth-order valence-electron chi connectivity index (χ4n) is 3.40. The Hall–Kier alpha value is -1.46. The first-order chi connectivity index (χ1) is 14.2. The molecule has 9 heteroatoms. The second kappa shape index (κ2) is 13.1. The van der Waals surface area contributed by atoms with Crippen molar-refractivity contribution in [3.8, 4) is 0 Å². The third-order valence-electron chi connectivity index (χ3n) is 5.09. The Morgan fingerprint density at radius 1 is 1.20 bits per heavy atom. The van der Waals surface area contributed by atoms with E-state index in [0.29, 0.717) is 6.54 Å². The molecule has 2 aromatic rings. The average molecular weight is 546 g/mol. The normalized spacial score (nSPS) is 15.0. The van der Waals surface area contributed by atoms with Crippen LogP contribution in [-0.4, -0.2) is 62.2 Å². The molecule has 0 spiro atoms. The maximum Gasteiger partial charge on any atom is 0.191 e. The average Bonchev–Trinajstić information content (AvgIpc) is 3.22. The van der Waals surface area contributed by atoms with Crippen LogP contribution in [0.15, 0.2) is 35.5 Å². The smallest absolute Gasteiger partial charge is 0.191 e. The van der Waals surface area contributed by atoms with E-state index >= 15 is 0 Å². The van der Waals surface area contributed by atoms with Gasteiger partial charge < -0.3 is 15.5 Å². The Kier molecular flexibility index (Phi) is 10.8. The Labute approximate surface area is 200 Å². The minimum absolute atomic E-state index is 0. The van der Waals surface area contributed by atoms with Gasteiger partial charge in [0, 0.05) is 50.8 Å². The summed E-state index contributed by atoms with van der Waals surface area (Å²) >= 11 is 1.74. The number of nitrogens with zero attached hydrogens (tertiary/aromatic N) is 4. The Balaban J connectivity index is 0.00000320. The predicted molar refractivity (Wildman–Crippen MR) is 135 cm³/mol. The number of aromatic nitrogens is 1. The fourth-order valence-corrected chi connectivity index (χ4v) is 4.21. The molecule has 0 amide bonds. The van der Waals surface area contributed by atoms with Crippen molar-refractivity contribution in [3.05, 3.63) is 46.2 Å². The summed E-state index contributed by atoms with van der Waals surface area (Å²) < 4.78 is 13.9. The number of halogens is 2. The van der Waals surface area contributed by atoms with Crippen LogP contribution in [0.4, 0.5) is 10.1 Å². The van der Waals surface area contributed by atoms with E-state index in [2.05, 4.69) is 37.3 Å². The third kappa shape index (κ3) is 7.35. The maximum atomic E-state index is 13.9. The van der Waals surface area contributed by atoms with E-state index in [1.54, 1.807) is 24.5 Å². The number of hydrogen-bond donors (Lipinski definition) is 2. The summed E-state index contributed by atoms with van der Waals surface area (Å²) in [6.07, 6.45) is 4.01. The number of nitrogens with one attached hydrogen (secondary N) is 2. The Morgan fingerprint density at radius 3 is 2.63 bits per heavy atom. The Bertz CT molecular complexity index is 791. The molecule has 30 heavy (non-hydrogen) atoms. The fraction of sp³-hybridized carbons (Fsp3) is 0.524. The van der Waals surface area contributed by atoms with Crippen molar-refractivity contribution in [2.75, 3.05) is 51.2 Å². The highest BCUT2D eigenvalue weighted by Gasteiger charge is 2.18. The molecule has 1 aliphatic rings. The van der Waals surface area contributed by atoms with Gasteiger partial charge in [0.15, 0.2) is 5.96 Å². The molecule has 0 bridgehead atoms. The molecule has 0 aliphatic carbocycles. The van der Waals surface area contributed by atoms with Crippen LogP contribution in [0, 0.1) is 5.82 Å². The van der Waals surface area contributed by atoms with E-state index < -0.39 is 0 Å². The number of hydrogen-bond acceptors (Lipinski definition) is 5. The lowest BCUT2D eigenvalue weighted by molar-refractivity contribution is 0.254. The number of aliphatic imine (C=N–C) groups is 1. The van der Waals surface area contributed by atoms with Gasteiger partial charge in [-0.25, -0.2) is 9.37 Å². The minimum atomic E-state index is -0.132. The Morgan fingerprint density at radius 2 is 1.97 bits per heavy atom. The van der Waals surface area contributed by atoms with Crippen LogP contribution in [0.25, 0.3) is 0 Å². The molecule has 1 aromatic carbocycles. The number of guanidine groups is 1. The molecule has 2 N–H and O–H groups in total. The standard InChI is InChI=1S/C21H31FN6S.HI/c1-3-17-15-25-20(29-17)16-26-21(23-2)24-9-6-10-27-11-13-28(14-12-27)19-8-5-4-7-18(19)22;/h4-5,7-8,15H,3,6,9-14,16H2,1-2H3,(H2,23,24,26);1H. The van der Waals surface area contributed by atoms with E-state index in [1.165, 1.54) is 10.9 Å². The first kappa shape index (κ1) is 24.8. The summed E-state index contributed by atoms with van der Waals surface area (Å²) in [4.78, 5) is 14.6. The zero-order chi connectivity index (χ0) is 20.5. The number of para-hydroxylation sites is 1. The number of benzene rings is 1. The van der Waals surface area contributed by atoms with Gasteiger partial charge >= 0.3 is 0 Å². The zero-order valence-electron chi connectivity index (χ0n) is 17.7. The summed E-state index contributed by atoms with van der Waals surface area (Å²) in [5.74, 6) is 0.676. The third-order valence-corrected chi connectivity index (χ3v) is 6.23. The topological polar surface area (TPSA) is 55.8 Å². The number of aryl methyl sites for hydroxylation is 1. The van der Waals surface area contributed by atoms with Gasteiger partial charge in [0.2, 0.25) is 0 Å². The van der Waals surface area contributed by atoms with Crippen LogP contribution in [0.1, 0.15) is 23.2 Å². The summed E-state index contributed by atoms with van der Waals surface area (Å²) in [6.45, 7) is 8.40. The highest BCUT2D eigenvalue weighted by atomic mass is 127. The van der Waals surface area contributed by atoms with Crippen LogP contribution in [0.2, 0.25) is 0 Å². The molecule has 1 aromatic heterocycles. The van der Waals surface area contributed by atoms with Crippen LogP contribution < -0.4 is 15.5 Å². The number of thiazole rings is 1.